The Kier molecular flexibility index (Phi) is 5.51. The van der Waals surface area contributed by atoms with E-state index in [1.54, 1.807) is 60.0 Å². The first kappa shape index (κ1) is 25.5. The van der Waals surface area contributed by atoms with Crippen LogP contribution in [0, 0.1) is 13.8 Å². The van der Waals surface area contributed by atoms with Crippen LogP contribution in [0.1, 0.15) is 38.5 Å². The van der Waals surface area contributed by atoms with E-state index in [1.807, 2.05) is 72.8 Å². The minimum Gasteiger partial charge on any atom is -0.309 e. The highest BCUT2D eigenvalue weighted by Gasteiger charge is 2.29. The van der Waals surface area contributed by atoms with Crippen molar-refractivity contribution >= 4 is 110 Å². The van der Waals surface area contributed by atoms with Crippen LogP contribution in [0.15, 0.2) is 242 Å². The van der Waals surface area contributed by atoms with Crippen molar-refractivity contribution in [1.82, 2.24) is 8.80 Å². The van der Waals surface area contributed by atoms with E-state index in [0.29, 0.717) is 44.3 Å². The first-order chi connectivity index (χ1) is 43.9. The van der Waals surface area contributed by atoms with Gasteiger partial charge < -0.3 is 18.6 Å². The van der Waals surface area contributed by atoms with Gasteiger partial charge in [0, 0.05) is 65.6 Å². The highest BCUT2D eigenvalue weighted by molar-refractivity contribution is 6.32. The molecule has 72 heavy (non-hydrogen) atoms. The molecule has 0 spiro atoms. The van der Waals surface area contributed by atoms with E-state index in [2.05, 4.69) is 20.9 Å². The number of anilines is 6. The van der Waals surface area contributed by atoms with Gasteiger partial charge in [0.15, 0.2) is 0 Å². The highest BCUT2D eigenvalue weighted by atomic mass is 15.2. The third kappa shape index (κ3) is 5.81. The SMILES string of the molecule is [2H]c1c([2H])c([2H])c(-c2cc(C)ccc2N(c2c([2H])c([2H])c([2H])c([2H])c2[2H])c2ccc3c4cc5c(cc4n4c6ccccc6c2c34)c2ccc(N(c3ccc(C)cc3-c3c([2H])c([2H])c([2H])c([2H])c3[2H])c3c([2H])c([2H])c([2H])c([2H])c3[2H])c3c4ccccc4n5c23)c([2H])c1[2H]. The van der Waals surface area contributed by atoms with Crippen molar-refractivity contribution in [3.8, 4) is 22.3 Å². The third-order valence-corrected chi connectivity index (χ3v) is 14.0. The second-order valence-corrected chi connectivity index (χ2v) is 18.0. The Morgan fingerprint density at radius 1 is 0.333 bits per heavy atom. The Morgan fingerprint density at radius 3 is 1.12 bits per heavy atom. The summed E-state index contributed by atoms with van der Waals surface area (Å²) in [6, 6.07) is 25.8. The van der Waals surface area contributed by atoms with Gasteiger partial charge in [0.2, 0.25) is 0 Å². The van der Waals surface area contributed by atoms with Crippen LogP contribution in [-0.2, 0) is 0 Å². The van der Waals surface area contributed by atoms with Crippen molar-refractivity contribution < 1.29 is 27.4 Å². The van der Waals surface area contributed by atoms with Gasteiger partial charge in [-0.15, -0.1) is 0 Å². The average molecular weight is 939 g/mol. The molecule has 0 amide bonds. The molecule has 0 aliphatic heterocycles. The van der Waals surface area contributed by atoms with Crippen molar-refractivity contribution in [3.05, 3.63) is 253 Å². The van der Waals surface area contributed by atoms with E-state index in [-0.39, 0.29) is 45.0 Å². The average Bonchev–Trinajstić information content (AvgIpc) is 1.51. The number of nitrogens with zero attached hydrogens (tertiary/aromatic N) is 4. The van der Waals surface area contributed by atoms with Crippen molar-refractivity contribution in [2.45, 2.75) is 13.8 Å². The molecule has 4 nitrogen and oxygen atoms in total. The summed E-state index contributed by atoms with van der Waals surface area (Å²) in [6.45, 7) is 3.57. The number of hydrogen-bond acceptors (Lipinski definition) is 2. The van der Waals surface area contributed by atoms with Gasteiger partial charge in [0.25, 0.3) is 0 Å². The number of aryl methyl sites for hydroxylation is 2. The second kappa shape index (κ2) is 15.6. The molecule has 15 aromatic rings. The Morgan fingerprint density at radius 2 is 0.708 bits per heavy atom. The lowest BCUT2D eigenvalue weighted by Crippen LogP contribution is -2.11. The van der Waals surface area contributed by atoms with Crippen molar-refractivity contribution in [2.24, 2.45) is 0 Å². The van der Waals surface area contributed by atoms with E-state index >= 15 is 0 Å². The lowest BCUT2D eigenvalue weighted by molar-refractivity contribution is 1.29. The molecule has 0 unspecified atom stereocenters. The summed E-state index contributed by atoms with van der Waals surface area (Å²) < 4.78 is 184. The standard InChI is InChI=1S/C68H46N4/c1-43-31-35-59(53(39-43)45-19-7-3-8-20-45)69(47-23-11-5-12-24-47)61-37-33-49-55-41-64-56(42-63(55)71-57-29-17-15-27-51(57)65(61)67(49)71)50-34-38-62(66-52-28-16-18-30-58(52)72(64)68(50)66)70(48-25-13-6-14-26-48)60-36-32-44(2)40-54(60)46-21-9-4-10-22-46/h3-42H,1-2H3/i3D,4D,5D,6D,7D,8D,9D,10D,11D,12D,13D,14D,19D,20D,21D,22D,23D,24D,25D,26D. The first-order valence-electron chi connectivity index (χ1n) is 33.3. The second-order valence-electron chi connectivity index (χ2n) is 18.0. The van der Waals surface area contributed by atoms with Gasteiger partial charge in [-0.3, -0.25) is 0 Å². The first-order valence-corrected chi connectivity index (χ1v) is 23.3. The minimum absolute atomic E-state index is 0.150. The Bertz CT molecular complexity index is 5370. The van der Waals surface area contributed by atoms with Crippen molar-refractivity contribution in [2.75, 3.05) is 9.80 Å². The maximum atomic E-state index is 9.53. The number of aromatic nitrogens is 2. The Labute approximate surface area is 444 Å². The summed E-state index contributed by atoms with van der Waals surface area (Å²) in [5.74, 6) is 0. The molecule has 0 N–H and O–H groups in total. The lowest BCUT2D eigenvalue weighted by atomic mass is 9.98. The van der Waals surface area contributed by atoms with E-state index in [9.17, 15) is 11.0 Å². The maximum Gasteiger partial charge on any atom is 0.0645 e. The summed E-state index contributed by atoms with van der Waals surface area (Å²) in [6.07, 6.45) is 0. The normalized spacial score (nSPS) is 15.9. The molecule has 0 bridgehead atoms. The maximum absolute atomic E-state index is 9.53. The molecule has 0 saturated carbocycles. The van der Waals surface area contributed by atoms with Crippen LogP contribution < -0.4 is 9.80 Å². The Hall–Kier alpha value is -9.38. The summed E-state index contributed by atoms with van der Waals surface area (Å²) in [5.41, 5.74) is 6.33. The van der Waals surface area contributed by atoms with Crippen LogP contribution >= 0.6 is 0 Å². The molecule has 0 fully saturated rings. The van der Waals surface area contributed by atoms with E-state index in [4.69, 9.17) is 16.4 Å². The van der Waals surface area contributed by atoms with E-state index in [0.717, 1.165) is 54.4 Å². The summed E-state index contributed by atoms with van der Waals surface area (Å²) in [5, 5.41) is 5.79. The molecular weight excluding hydrogens is 873 g/mol. The molecule has 338 valence electrons. The van der Waals surface area contributed by atoms with Crippen LogP contribution in [0.3, 0.4) is 0 Å². The number of benzene rings is 11. The Balaban J connectivity index is 1.05. The van der Waals surface area contributed by atoms with Crippen LogP contribution in [0.5, 0.6) is 0 Å². The summed E-state index contributed by atoms with van der Waals surface area (Å²) in [7, 11) is 0. The fraction of sp³-hybridized carbons (Fsp3) is 0.0294. The van der Waals surface area contributed by atoms with Crippen LogP contribution in [0.25, 0.3) is 98.4 Å². The number of para-hydroxylation sites is 4. The van der Waals surface area contributed by atoms with Gasteiger partial charge >= 0.3 is 0 Å². The molecule has 4 heterocycles. The zero-order valence-corrected chi connectivity index (χ0v) is 38.3. The molecule has 4 aromatic heterocycles. The molecule has 0 atom stereocenters. The van der Waals surface area contributed by atoms with Gasteiger partial charge in [-0.1, -0.05) is 168 Å². The molecule has 0 saturated heterocycles. The van der Waals surface area contributed by atoms with Gasteiger partial charge in [-0.2, -0.15) is 0 Å². The molecule has 11 aromatic carbocycles. The van der Waals surface area contributed by atoms with Gasteiger partial charge in [-0.25, -0.2) is 0 Å². The molecule has 0 aliphatic rings. The largest absolute Gasteiger partial charge is 0.309 e. The monoisotopic (exact) mass is 938 g/mol. The summed E-state index contributed by atoms with van der Waals surface area (Å²) in [4.78, 5) is 3.09. The van der Waals surface area contributed by atoms with Gasteiger partial charge in [-0.05, 0) is 110 Å². The lowest BCUT2D eigenvalue weighted by Gasteiger charge is -2.29. The third-order valence-electron chi connectivity index (χ3n) is 14.0. The van der Waals surface area contributed by atoms with Crippen LogP contribution in [0.4, 0.5) is 34.1 Å². The highest BCUT2D eigenvalue weighted by Crippen LogP contribution is 2.53. The van der Waals surface area contributed by atoms with E-state index < -0.39 is 121 Å². The predicted molar refractivity (Wildman–Crippen MR) is 305 cm³/mol. The number of hydrogen-bond donors (Lipinski definition) is 0. The molecule has 4 heteroatoms. The topological polar surface area (TPSA) is 15.3 Å². The van der Waals surface area contributed by atoms with E-state index in [1.165, 1.54) is 0 Å². The molecule has 0 aliphatic carbocycles. The quantitative estimate of drug-likeness (QED) is 0.151. The minimum atomic E-state index is -0.624. The smallest absolute Gasteiger partial charge is 0.0645 e. The predicted octanol–water partition coefficient (Wildman–Crippen LogP) is 18.9. The molecule has 0 radical (unpaired) electrons. The van der Waals surface area contributed by atoms with Crippen LogP contribution in [-0.4, -0.2) is 8.80 Å². The summed E-state index contributed by atoms with van der Waals surface area (Å²) >= 11 is 0. The molecular formula is C68H46N4. The zero-order valence-electron chi connectivity index (χ0n) is 58.3. The number of rotatable bonds is 8. The van der Waals surface area contributed by atoms with Gasteiger partial charge in [0.05, 0.1) is 83.3 Å². The van der Waals surface area contributed by atoms with Crippen molar-refractivity contribution in [1.29, 1.82) is 0 Å². The zero-order chi connectivity index (χ0) is 65.0. The molecule has 15 rings (SSSR count). The van der Waals surface area contributed by atoms with Crippen molar-refractivity contribution in [3.63, 3.8) is 0 Å². The van der Waals surface area contributed by atoms with Crippen LogP contribution in [0.2, 0.25) is 0 Å². The fourth-order valence-corrected chi connectivity index (χ4v) is 11.2. The van der Waals surface area contributed by atoms with Gasteiger partial charge in [0.1, 0.15) is 0 Å². The number of fused-ring (bicyclic) bond motifs is 12. The fourth-order valence-electron chi connectivity index (χ4n) is 11.2.